The molecule has 0 saturated carbocycles. The molecule has 21 heavy (non-hydrogen) atoms. The second-order valence-electron chi connectivity index (χ2n) is 4.38. The van der Waals surface area contributed by atoms with Crippen LogP contribution >= 0.6 is 22.9 Å². The molecule has 0 aliphatic carbocycles. The molecule has 7 nitrogen and oxygen atoms in total. The van der Waals surface area contributed by atoms with Crippen LogP contribution in [0.5, 0.6) is 0 Å². The van der Waals surface area contributed by atoms with Crippen LogP contribution in [0.1, 0.15) is 20.3 Å². The molecule has 2 atom stereocenters. The summed E-state index contributed by atoms with van der Waals surface area (Å²) >= 11 is 6.59. The van der Waals surface area contributed by atoms with Gasteiger partial charge >= 0.3 is 10.4 Å². The minimum atomic E-state index is -4.63. The van der Waals surface area contributed by atoms with Crippen molar-refractivity contribution >= 4 is 43.4 Å². The third-order valence-corrected chi connectivity index (χ3v) is 6.49. The maximum atomic E-state index is 12.2. The summed E-state index contributed by atoms with van der Waals surface area (Å²) in [5.41, 5.74) is 0. The van der Waals surface area contributed by atoms with Crippen molar-refractivity contribution in [2.75, 3.05) is 6.61 Å². The average Bonchev–Trinajstić information content (AvgIpc) is 2.80. The van der Waals surface area contributed by atoms with Crippen molar-refractivity contribution in [1.82, 2.24) is 4.72 Å². The third-order valence-electron chi connectivity index (χ3n) is 2.85. The van der Waals surface area contributed by atoms with E-state index in [1.165, 1.54) is 12.1 Å². The smallest absolute Gasteiger partial charge is 0.264 e. The number of thiophene rings is 1. The van der Waals surface area contributed by atoms with Gasteiger partial charge < -0.3 is 0 Å². The fourth-order valence-electron chi connectivity index (χ4n) is 1.46. The Kier molecular flexibility index (Phi) is 6.59. The highest BCUT2D eigenvalue weighted by atomic mass is 35.5. The van der Waals surface area contributed by atoms with Gasteiger partial charge in [-0.25, -0.2) is 17.3 Å². The van der Waals surface area contributed by atoms with E-state index in [-0.39, 0.29) is 10.1 Å². The highest BCUT2D eigenvalue weighted by Crippen LogP contribution is 2.26. The molecule has 0 fully saturated rings. The summed E-state index contributed by atoms with van der Waals surface area (Å²) in [5.74, 6) is -0.197. The Morgan fingerprint density at radius 1 is 1.38 bits per heavy atom. The van der Waals surface area contributed by atoms with Crippen LogP contribution in [0.3, 0.4) is 0 Å². The third kappa shape index (κ3) is 6.19. The highest BCUT2D eigenvalue weighted by Gasteiger charge is 2.26. The average molecular weight is 378 g/mol. The van der Waals surface area contributed by atoms with Crippen LogP contribution in [0, 0.1) is 5.92 Å². The topological polar surface area (TPSA) is 110 Å². The Morgan fingerprint density at radius 2 is 2.00 bits per heavy atom. The SMILES string of the molecule is CCC(C)[C@@H](COS(=O)(=O)O)NS(=O)(=O)c1ccc(Cl)s1. The normalized spacial score (nSPS) is 15.8. The number of halogens is 1. The van der Waals surface area contributed by atoms with Crippen molar-refractivity contribution in [1.29, 1.82) is 0 Å². The molecule has 0 aromatic carbocycles. The minimum Gasteiger partial charge on any atom is -0.264 e. The molecule has 1 unspecified atom stereocenters. The molecule has 0 spiro atoms. The van der Waals surface area contributed by atoms with Gasteiger partial charge in [-0.2, -0.15) is 8.42 Å². The Hall–Kier alpha value is -0.230. The maximum Gasteiger partial charge on any atom is 0.397 e. The van der Waals surface area contributed by atoms with Gasteiger partial charge in [-0.1, -0.05) is 31.9 Å². The standard InChI is InChI=1S/C10H16ClNO6S3/c1-3-7(2)8(6-18-21(15,16)17)12-20(13,14)10-5-4-9(11)19-10/h4-5,7-8,12H,3,6H2,1-2H3,(H,15,16,17)/t7?,8-/m1/s1. The van der Waals surface area contributed by atoms with Gasteiger partial charge in [-0.15, -0.1) is 11.3 Å². The van der Waals surface area contributed by atoms with Crippen LogP contribution in [-0.2, 0) is 24.6 Å². The van der Waals surface area contributed by atoms with Gasteiger partial charge in [-0.05, 0) is 18.1 Å². The first kappa shape index (κ1) is 18.8. The zero-order valence-corrected chi connectivity index (χ0v) is 14.5. The molecule has 1 rings (SSSR count). The van der Waals surface area contributed by atoms with Gasteiger partial charge in [0.1, 0.15) is 4.21 Å². The monoisotopic (exact) mass is 377 g/mol. The highest BCUT2D eigenvalue weighted by molar-refractivity contribution is 7.91. The summed E-state index contributed by atoms with van der Waals surface area (Å²) < 4.78 is 61.2. The van der Waals surface area contributed by atoms with Crippen LogP contribution in [0.15, 0.2) is 16.3 Å². The van der Waals surface area contributed by atoms with Gasteiger partial charge in [0.2, 0.25) is 10.0 Å². The predicted molar refractivity (Wildman–Crippen MR) is 80.4 cm³/mol. The second kappa shape index (κ2) is 7.36. The molecule has 0 aliphatic heterocycles. The molecule has 0 aliphatic rings. The lowest BCUT2D eigenvalue weighted by Crippen LogP contribution is -2.42. The molecule has 11 heteroatoms. The first-order valence-electron chi connectivity index (χ1n) is 5.94. The number of hydrogen-bond donors (Lipinski definition) is 2. The number of hydrogen-bond acceptors (Lipinski definition) is 6. The lowest BCUT2D eigenvalue weighted by atomic mass is 10.0. The van der Waals surface area contributed by atoms with Crippen molar-refractivity contribution in [3.63, 3.8) is 0 Å². The van der Waals surface area contributed by atoms with Crippen LogP contribution in [-0.4, -0.2) is 34.0 Å². The molecule has 1 heterocycles. The van der Waals surface area contributed by atoms with Crippen molar-refractivity contribution in [3.8, 4) is 0 Å². The number of rotatable bonds is 8. The van der Waals surface area contributed by atoms with E-state index < -0.39 is 33.1 Å². The van der Waals surface area contributed by atoms with Crippen molar-refractivity contribution in [2.45, 2.75) is 30.5 Å². The van der Waals surface area contributed by atoms with Crippen molar-refractivity contribution < 1.29 is 25.6 Å². The van der Waals surface area contributed by atoms with E-state index in [2.05, 4.69) is 8.91 Å². The second-order valence-corrected chi connectivity index (χ2v) is 9.13. The molecule has 0 saturated heterocycles. The molecule has 1 aromatic heterocycles. The summed E-state index contributed by atoms with van der Waals surface area (Å²) in [6.07, 6.45) is 0.590. The summed E-state index contributed by atoms with van der Waals surface area (Å²) in [4.78, 5) is 0. The predicted octanol–water partition coefficient (Wildman–Crippen LogP) is 1.91. The van der Waals surface area contributed by atoms with E-state index in [1.807, 2.05) is 6.92 Å². The lowest BCUT2D eigenvalue weighted by Gasteiger charge is -2.22. The van der Waals surface area contributed by atoms with E-state index in [0.29, 0.717) is 10.8 Å². The van der Waals surface area contributed by atoms with Gasteiger partial charge in [0.05, 0.1) is 10.9 Å². The van der Waals surface area contributed by atoms with E-state index in [9.17, 15) is 16.8 Å². The lowest BCUT2D eigenvalue weighted by molar-refractivity contribution is 0.216. The van der Waals surface area contributed by atoms with Gasteiger partial charge in [0, 0.05) is 6.04 Å². The van der Waals surface area contributed by atoms with Crippen molar-refractivity contribution in [3.05, 3.63) is 16.5 Å². The largest absolute Gasteiger partial charge is 0.397 e. The molecular formula is C10H16ClNO6S3. The zero-order chi connectivity index (χ0) is 16.3. The molecule has 122 valence electrons. The Morgan fingerprint density at radius 3 is 2.43 bits per heavy atom. The molecule has 2 N–H and O–H groups in total. The molecular weight excluding hydrogens is 362 g/mol. The fourth-order valence-corrected chi connectivity index (χ4v) is 4.61. The molecule has 0 radical (unpaired) electrons. The van der Waals surface area contributed by atoms with Crippen LogP contribution in [0.2, 0.25) is 4.34 Å². The van der Waals surface area contributed by atoms with Gasteiger partial charge in [0.25, 0.3) is 0 Å². The fraction of sp³-hybridized carbons (Fsp3) is 0.600. The minimum absolute atomic E-state index is 0.0210. The number of nitrogens with one attached hydrogen (secondary N) is 1. The summed E-state index contributed by atoms with van der Waals surface area (Å²) in [6.45, 7) is 3.07. The van der Waals surface area contributed by atoms with E-state index in [1.54, 1.807) is 6.92 Å². The molecule has 0 amide bonds. The summed E-state index contributed by atoms with van der Waals surface area (Å²) in [7, 11) is -8.46. The van der Waals surface area contributed by atoms with Crippen LogP contribution in [0.25, 0.3) is 0 Å². The van der Waals surface area contributed by atoms with E-state index >= 15 is 0 Å². The Bertz CT molecular complexity index is 669. The first-order chi connectivity index (χ1) is 9.55. The maximum absolute atomic E-state index is 12.2. The first-order valence-corrected chi connectivity index (χ1v) is 9.99. The van der Waals surface area contributed by atoms with E-state index in [4.69, 9.17) is 16.2 Å². The van der Waals surface area contributed by atoms with Crippen LogP contribution < -0.4 is 4.72 Å². The Balaban J connectivity index is 2.90. The quantitative estimate of drug-likeness (QED) is 0.669. The van der Waals surface area contributed by atoms with Gasteiger partial charge in [-0.3, -0.25) is 4.55 Å². The molecule has 1 aromatic rings. The summed E-state index contributed by atoms with van der Waals surface area (Å²) in [5, 5.41) is 0. The Labute approximate surface area is 133 Å². The van der Waals surface area contributed by atoms with Crippen molar-refractivity contribution in [2.24, 2.45) is 5.92 Å². The van der Waals surface area contributed by atoms with E-state index in [0.717, 1.165) is 11.3 Å². The number of sulfonamides is 1. The van der Waals surface area contributed by atoms with Crippen LogP contribution in [0.4, 0.5) is 0 Å². The van der Waals surface area contributed by atoms with Gasteiger partial charge in [0.15, 0.2) is 0 Å². The summed E-state index contributed by atoms with van der Waals surface area (Å²) in [6, 6.07) is 2.00. The zero-order valence-electron chi connectivity index (χ0n) is 11.3. The molecule has 0 bridgehead atoms.